The zero-order chi connectivity index (χ0) is 52.9. The minimum atomic E-state index is 1.28. The van der Waals surface area contributed by atoms with Gasteiger partial charge >= 0.3 is 0 Å². The van der Waals surface area contributed by atoms with Crippen LogP contribution in [0.2, 0.25) is 0 Å². The van der Waals surface area contributed by atoms with Crippen molar-refractivity contribution in [2.45, 2.75) is 62.3 Å². The molecule has 0 saturated heterocycles. The molecule has 0 atom stereocenters. The predicted octanol–water partition coefficient (Wildman–Crippen LogP) is 21.4. The summed E-state index contributed by atoms with van der Waals surface area (Å²) in [6.07, 6.45) is 0. The number of hydrogen-bond acceptors (Lipinski definition) is 0. The molecule has 0 heteroatoms. The van der Waals surface area contributed by atoms with Crippen molar-refractivity contribution in [3.05, 3.63) is 323 Å². The lowest BCUT2D eigenvalue weighted by atomic mass is 9.96. The molecule has 0 N–H and O–H groups in total. The first-order valence-corrected chi connectivity index (χ1v) is 26.2. The lowest BCUT2D eigenvalue weighted by Gasteiger charge is -2.09. The van der Waals surface area contributed by atoms with E-state index in [4.69, 9.17) is 0 Å². The van der Waals surface area contributed by atoms with Gasteiger partial charge in [-0.25, -0.2) is 0 Å². The molecular formula is C75H72. The van der Waals surface area contributed by atoms with Crippen LogP contribution in [-0.4, -0.2) is 0 Å². The van der Waals surface area contributed by atoms with Gasteiger partial charge in [-0.3, -0.25) is 0 Å². The van der Waals surface area contributed by atoms with Gasteiger partial charge in [0.05, 0.1) is 0 Å². The Balaban J connectivity index is 0.000000136. The molecule has 0 saturated carbocycles. The average Bonchev–Trinajstić information content (AvgIpc) is 3.44. The summed E-state index contributed by atoms with van der Waals surface area (Å²) in [5, 5.41) is 7.94. The summed E-state index contributed by atoms with van der Waals surface area (Å²) in [7, 11) is 0. The molecule has 0 aliphatic carbocycles. The Kier molecular flexibility index (Phi) is 19.8. The lowest BCUT2D eigenvalue weighted by Crippen LogP contribution is -1.83. The van der Waals surface area contributed by atoms with Crippen LogP contribution < -0.4 is 0 Å². The third-order valence-corrected chi connectivity index (χ3v) is 13.4. The van der Waals surface area contributed by atoms with Crippen molar-refractivity contribution < 1.29 is 0 Å². The molecule has 0 spiro atoms. The Labute approximate surface area is 448 Å². The highest BCUT2D eigenvalue weighted by molar-refractivity contribution is 5.99. The molecule has 0 nitrogen and oxygen atoms in total. The number of hydrogen-bond donors (Lipinski definition) is 0. The van der Waals surface area contributed by atoms with E-state index in [0.29, 0.717) is 0 Å². The molecule has 0 aliphatic rings. The molecule has 12 aromatic rings. The van der Waals surface area contributed by atoms with Gasteiger partial charge in [-0.2, -0.15) is 0 Å². The summed E-state index contributed by atoms with van der Waals surface area (Å²) < 4.78 is 0. The van der Waals surface area contributed by atoms with Gasteiger partial charge in [0, 0.05) is 0 Å². The van der Waals surface area contributed by atoms with Gasteiger partial charge in [0.2, 0.25) is 0 Å². The fourth-order valence-corrected chi connectivity index (χ4v) is 8.88. The number of aryl methyl sites for hydroxylation is 9. The number of benzene rings is 12. The van der Waals surface area contributed by atoms with E-state index >= 15 is 0 Å². The van der Waals surface area contributed by atoms with Crippen LogP contribution in [-0.2, 0) is 0 Å². The monoisotopic (exact) mass is 973 g/mol. The van der Waals surface area contributed by atoms with Crippen molar-refractivity contribution in [3.8, 4) is 33.4 Å². The summed E-state index contributed by atoms with van der Waals surface area (Å²) >= 11 is 0. The van der Waals surface area contributed by atoms with Gasteiger partial charge in [0.1, 0.15) is 0 Å². The first kappa shape index (κ1) is 54.2. The normalized spacial score (nSPS) is 10.2. The molecule has 75 heavy (non-hydrogen) atoms. The molecule has 12 aromatic carbocycles. The predicted molar refractivity (Wildman–Crippen MR) is 330 cm³/mol. The summed E-state index contributed by atoms with van der Waals surface area (Å²) in [5.74, 6) is 0. The SMILES string of the molecule is Cc1ccc(-c2ccc3ccccc3c2)cc1.Cc1ccc(-c2ccccc2)c2ccccc12.Cc1ccc(C)cc1.Cc1cccc(C)c1.Cc1cccc2c(-c3ccccc3)cccc12.Cc1ccccc1C. The molecule has 12 rings (SSSR count). The lowest BCUT2D eigenvalue weighted by molar-refractivity contribution is 1.34. The molecular weight excluding hydrogens is 901 g/mol. The van der Waals surface area contributed by atoms with Gasteiger partial charge < -0.3 is 0 Å². The number of rotatable bonds is 3. The third-order valence-electron chi connectivity index (χ3n) is 13.4. The maximum absolute atomic E-state index is 2.25. The quantitative estimate of drug-likeness (QED) is 0.166. The Morgan fingerprint density at radius 1 is 0.173 bits per heavy atom. The van der Waals surface area contributed by atoms with Gasteiger partial charge in [-0.05, 0) is 156 Å². The highest BCUT2D eigenvalue weighted by Gasteiger charge is 2.06. The molecule has 0 fully saturated rings. The Morgan fingerprint density at radius 3 is 1.07 bits per heavy atom. The first-order valence-electron chi connectivity index (χ1n) is 26.2. The standard InChI is InChI=1S/3C17H14.3C8H10/c1-13-7-5-12-17-15(13)10-6-11-16(17)14-8-3-2-4-9-14;1-13-11-12-16(14-7-3-2-4-8-14)17-10-6-5-9-15(13)17;1-13-6-8-15(9-7-13)17-11-10-14-4-2-3-5-16(14)12-17;1-7-3-5-8(2)6-4-7;1-7-4-3-5-8(2)6-7;1-7-5-3-4-6-8(7)2/h3*2-12H,1H3;3*3-6H,1-2H3. The van der Waals surface area contributed by atoms with Crippen LogP contribution in [0.3, 0.4) is 0 Å². The zero-order valence-electron chi connectivity index (χ0n) is 45.5. The van der Waals surface area contributed by atoms with E-state index in [2.05, 4.69) is 335 Å². The van der Waals surface area contributed by atoms with Crippen molar-refractivity contribution in [1.29, 1.82) is 0 Å². The topological polar surface area (TPSA) is 0 Å². The van der Waals surface area contributed by atoms with Crippen LogP contribution in [0.5, 0.6) is 0 Å². The Morgan fingerprint density at radius 2 is 0.547 bits per heavy atom. The van der Waals surface area contributed by atoms with Crippen LogP contribution in [0.15, 0.2) is 273 Å². The minimum Gasteiger partial charge on any atom is -0.0622 e. The Bertz CT molecular complexity index is 3520. The average molecular weight is 973 g/mol. The second-order valence-electron chi connectivity index (χ2n) is 19.5. The van der Waals surface area contributed by atoms with E-state index < -0.39 is 0 Å². The van der Waals surface area contributed by atoms with E-state index in [1.165, 1.54) is 116 Å². The van der Waals surface area contributed by atoms with Crippen molar-refractivity contribution >= 4 is 32.3 Å². The Hall–Kier alpha value is -8.58. The molecule has 0 unspecified atom stereocenters. The fraction of sp³-hybridized carbons (Fsp3) is 0.120. The molecule has 0 heterocycles. The maximum atomic E-state index is 2.25. The highest BCUT2D eigenvalue weighted by atomic mass is 14.1. The van der Waals surface area contributed by atoms with Crippen molar-refractivity contribution in [2.24, 2.45) is 0 Å². The molecule has 0 amide bonds. The molecule has 0 bridgehead atoms. The van der Waals surface area contributed by atoms with Crippen LogP contribution >= 0.6 is 0 Å². The summed E-state index contributed by atoms with van der Waals surface area (Å²) in [6.45, 7) is 19.1. The van der Waals surface area contributed by atoms with Crippen molar-refractivity contribution in [1.82, 2.24) is 0 Å². The summed E-state index contributed by atoms with van der Waals surface area (Å²) in [5.41, 5.74) is 19.8. The smallest absolute Gasteiger partial charge is 0.0103 e. The van der Waals surface area contributed by atoms with E-state index in [9.17, 15) is 0 Å². The van der Waals surface area contributed by atoms with E-state index in [1.807, 2.05) is 0 Å². The van der Waals surface area contributed by atoms with Gasteiger partial charge in [-0.15, -0.1) is 0 Å². The van der Waals surface area contributed by atoms with E-state index in [1.54, 1.807) is 0 Å². The highest BCUT2D eigenvalue weighted by Crippen LogP contribution is 2.32. The van der Waals surface area contributed by atoms with E-state index in [0.717, 1.165) is 0 Å². The minimum absolute atomic E-state index is 1.28. The van der Waals surface area contributed by atoms with Crippen molar-refractivity contribution in [2.75, 3.05) is 0 Å². The first-order chi connectivity index (χ1) is 36.4. The van der Waals surface area contributed by atoms with Crippen molar-refractivity contribution in [3.63, 3.8) is 0 Å². The summed E-state index contributed by atoms with van der Waals surface area (Å²) in [4.78, 5) is 0. The fourth-order valence-electron chi connectivity index (χ4n) is 8.88. The van der Waals surface area contributed by atoms with Crippen LogP contribution in [0, 0.1) is 62.3 Å². The van der Waals surface area contributed by atoms with Crippen LogP contribution in [0.25, 0.3) is 65.7 Å². The van der Waals surface area contributed by atoms with Crippen LogP contribution in [0.1, 0.15) is 50.1 Å². The molecule has 0 radical (unpaired) electrons. The van der Waals surface area contributed by atoms with E-state index in [-0.39, 0.29) is 0 Å². The summed E-state index contributed by atoms with van der Waals surface area (Å²) in [6, 6.07) is 96.2. The van der Waals surface area contributed by atoms with Gasteiger partial charge in [0.25, 0.3) is 0 Å². The van der Waals surface area contributed by atoms with Gasteiger partial charge in [0.15, 0.2) is 0 Å². The maximum Gasteiger partial charge on any atom is -0.0103 e. The molecule has 372 valence electrons. The van der Waals surface area contributed by atoms with Gasteiger partial charge in [-0.1, -0.05) is 295 Å². The van der Waals surface area contributed by atoms with Crippen LogP contribution in [0.4, 0.5) is 0 Å². The third kappa shape index (κ3) is 16.0. The molecule has 0 aromatic heterocycles. The second kappa shape index (κ2) is 27.5. The number of fused-ring (bicyclic) bond motifs is 3. The largest absolute Gasteiger partial charge is 0.0622 e. The molecule has 0 aliphatic heterocycles. The second-order valence-corrected chi connectivity index (χ2v) is 19.5. The zero-order valence-corrected chi connectivity index (χ0v) is 45.5.